The first-order chi connectivity index (χ1) is 12.8. The molecule has 0 atom stereocenters. The molecule has 6 nitrogen and oxygen atoms in total. The Morgan fingerprint density at radius 2 is 1.74 bits per heavy atom. The summed E-state index contributed by atoms with van der Waals surface area (Å²) in [7, 11) is 0. The molecule has 2 N–H and O–H groups in total. The Hall–Kier alpha value is -2.84. The van der Waals surface area contributed by atoms with Gasteiger partial charge in [0.15, 0.2) is 0 Å². The normalized spacial score (nSPS) is 14.3. The third kappa shape index (κ3) is 5.57. The molecule has 0 saturated carbocycles. The summed E-state index contributed by atoms with van der Waals surface area (Å²) >= 11 is 0. The highest BCUT2D eigenvalue weighted by Gasteiger charge is 2.31. The van der Waals surface area contributed by atoms with Gasteiger partial charge >= 0.3 is 6.18 Å². The second-order valence-corrected chi connectivity index (χ2v) is 6.43. The molecule has 1 aliphatic heterocycles. The van der Waals surface area contributed by atoms with E-state index in [4.69, 9.17) is 0 Å². The van der Waals surface area contributed by atoms with E-state index >= 15 is 0 Å². The quantitative estimate of drug-likeness (QED) is 0.821. The van der Waals surface area contributed by atoms with Crippen LogP contribution in [0.25, 0.3) is 0 Å². The van der Waals surface area contributed by atoms with Gasteiger partial charge < -0.3 is 15.5 Å². The maximum atomic E-state index is 12.2. The van der Waals surface area contributed by atoms with Crippen molar-refractivity contribution in [3.05, 3.63) is 36.0 Å². The molecule has 0 unspecified atom stereocenters. The fourth-order valence-corrected chi connectivity index (χ4v) is 2.85. The molecule has 0 bridgehead atoms. The Balaban J connectivity index is 1.65. The minimum atomic E-state index is -4.52. The summed E-state index contributed by atoms with van der Waals surface area (Å²) < 4.78 is 36.6. The van der Waals surface area contributed by atoms with E-state index in [2.05, 4.69) is 25.5 Å². The lowest BCUT2D eigenvalue weighted by Gasteiger charge is -2.17. The number of hydrogen-bond acceptors (Lipinski definition) is 5. The highest BCUT2D eigenvalue weighted by atomic mass is 19.4. The van der Waals surface area contributed by atoms with Crippen LogP contribution in [0.1, 0.15) is 25.0 Å². The summed E-state index contributed by atoms with van der Waals surface area (Å²) in [6.07, 6.45) is -3.78. The number of anilines is 4. The Morgan fingerprint density at radius 1 is 1.11 bits per heavy atom. The number of amides is 1. The van der Waals surface area contributed by atoms with Crippen molar-refractivity contribution < 1.29 is 18.0 Å². The molecule has 1 aromatic carbocycles. The number of benzene rings is 1. The zero-order chi connectivity index (χ0) is 19.4. The lowest BCUT2D eigenvalue weighted by Crippen LogP contribution is -2.21. The predicted octanol–water partition coefficient (Wildman–Crippen LogP) is 4.02. The van der Waals surface area contributed by atoms with Gasteiger partial charge in [0.05, 0.1) is 0 Å². The molecule has 1 amide bonds. The van der Waals surface area contributed by atoms with Crippen molar-refractivity contribution in [3.8, 4) is 0 Å². The van der Waals surface area contributed by atoms with Gasteiger partial charge in [0.25, 0.3) is 0 Å². The summed E-state index contributed by atoms with van der Waals surface area (Å²) in [6, 6.07) is 8.21. The van der Waals surface area contributed by atoms with E-state index in [0.717, 1.165) is 31.6 Å². The molecule has 0 aliphatic carbocycles. The average Bonchev–Trinajstić information content (AvgIpc) is 3.09. The smallest absolute Gasteiger partial charge is 0.341 e. The molecule has 0 radical (unpaired) electrons. The molecule has 2 aromatic rings. The number of nitrogens with zero attached hydrogens (tertiary/aromatic N) is 3. The van der Waals surface area contributed by atoms with Crippen LogP contribution in [0.4, 0.5) is 36.3 Å². The average molecular weight is 379 g/mol. The Morgan fingerprint density at radius 3 is 2.37 bits per heavy atom. The van der Waals surface area contributed by atoms with Gasteiger partial charge in [-0.15, -0.1) is 0 Å². The van der Waals surface area contributed by atoms with Crippen molar-refractivity contribution >= 4 is 29.0 Å². The van der Waals surface area contributed by atoms with Crippen molar-refractivity contribution in [1.29, 1.82) is 0 Å². The van der Waals surface area contributed by atoms with Gasteiger partial charge in [-0.25, -0.2) is 4.98 Å². The van der Waals surface area contributed by atoms with E-state index in [1.165, 1.54) is 12.1 Å². The topological polar surface area (TPSA) is 70.2 Å². The number of aromatic nitrogens is 2. The highest BCUT2D eigenvalue weighted by Crippen LogP contribution is 2.23. The molecule has 144 valence electrons. The van der Waals surface area contributed by atoms with Gasteiger partial charge in [-0.2, -0.15) is 18.2 Å². The molecule has 27 heavy (non-hydrogen) atoms. The van der Waals surface area contributed by atoms with Gasteiger partial charge in [-0.05, 0) is 44.0 Å². The number of carbonyl (C=O) groups is 1. The monoisotopic (exact) mass is 379 g/mol. The van der Waals surface area contributed by atoms with E-state index in [1.54, 1.807) is 12.1 Å². The maximum absolute atomic E-state index is 12.2. The van der Waals surface area contributed by atoms with E-state index in [-0.39, 0.29) is 0 Å². The van der Waals surface area contributed by atoms with Crippen molar-refractivity contribution in [2.24, 2.45) is 0 Å². The molecule has 9 heteroatoms. The lowest BCUT2D eigenvalue weighted by molar-refractivity contribution is -0.150. The van der Waals surface area contributed by atoms with Gasteiger partial charge in [0.2, 0.25) is 11.9 Å². The minimum Gasteiger partial charge on any atom is -0.341 e. The number of nitrogens with one attached hydrogen (secondary N) is 2. The molecular formula is C18H20F3N5O. The van der Waals surface area contributed by atoms with E-state index in [9.17, 15) is 18.0 Å². The molecule has 1 aromatic heterocycles. The third-order valence-electron chi connectivity index (χ3n) is 4.03. The van der Waals surface area contributed by atoms with Crippen LogP contribution in [0, 0.1) is 6.92 Å². The van der Waals surface area contributed by atoms with Gasteiger partial charge in [-0.3, -0.25) is 4.79 Å². The Bertz CT molecular complexity index is 802. The summed E-state index contributed by atoms with van der Waals surface area (Å²) in [5.41, 5.74) is 1.84. The number of rotatable bonds is 5. The summed E-state index contributed by atoms with van der Waals surface area (Å²) in [6.45, 7) is 3.77. The Labute approximate surface area is 154 Å². The molecule has 1 fully saturated rings. The molecule has 0 spiro atoms. The third-order valence-corrected chi connectivity index (χ3v) is 4.03. The maximum Gasteiger partial charge on any atom is 0.397 e. The zero-order valence-corrected chi connectivity index (χ0v) is 14.8. The van der Waals surface area contributed by atoms with E-state index in [0.29, 0.717) is 23.1 Å². The van der Waals surface area contributed by atoms with Crippen molar-refractivity contribution in [2.75, 3.05) is 28.6 Å². The fraction of sp³-hybridized carbons (Fsp3) is 0.389. The molecule has 2 heterocycles. The molecular weight excluding hydrogens is 359 g/mol. The Kier molecular flexibility index (Phi) is 5.48. The van der Waals surface area contributed by atoms with Crippen molar-refractivity contribution in [3.63, 3.8) is 0 Å². The van der Waals surface area contributed by atoms with Crippen LogP contribution in [0.15, 0.2) is 30.3 Å². The minimum absolute atomic E-state index is 0.298. The highest BCUT2D eigenvalue weighted by molar-refractivity contribution is 5.91. The van der Waals surface area contributed by atoms with Crippen molar-refractivity contribution in [2.45, 2.75) is 32.4 Å². The van der Waals surface area contributed by atoms with Gasteiger partial charge in [0.1, 0.15) is 12.2 Å². The summed E-state index contributed by atoms with van der Waals surface area (Å²) in [4.78, 5) is 22.5. The van der Waals surface area contributed by atoms with Crippen LogP contribution in [0.3, 0.4) is 0 Å². The van der Waals surface area contributed by atoms with Crippen LogP contribution < -0.4 is 15.5 Å². The van der Waals surface area contributed by atoms with E-state index in [1.807, 2.05) is 13.0 Å². The standard InChI is InChI=1S/C18H20F3N5O/c1-12-10-15(25-17(22-12)26-8-2-3-9-26)23-13-4-6-14(7-5-13)24-16(27)11-18(19,20)21/h4-7,10H,2-3,8-9,11H2,1H3,(H,24,27)(H,22,23,25). The van der Waals surface area contributed by atoms with Gasteiger partial charge in [-0.1, -0.05) is 0 Å². The summed E-state index contributed by atoms with van der Waals surface area (Å²) in [5.74, 6) is 0.231. The number of aryl methyl sites for hydroxylation is 1. The number of carbonyl (C=O) groups excluding carboxylic acids is 1. The first-order valence-corrected chi connectivity index (χ1v) is 8.63. The fourth-order valence-electron chi connectivity index (χ4n) is 2.85. The zero-order valence-electron chi connectivity index (χ0n) is 14.8. The van der Waals surface area contributed by atoms with Gasteiger partial charge in [0, 0.05) is 36.2 Å². The van der Waals surface area contributed by atoms with Crippen LogP contribution in [0.2, 0.25) is 0 Å². The second kappa shape index (κ2) is 7.81. The van der Waals surface area contributed by atoms with Crippen LogP contribution in [-0.2, 0) is 4.79 Å². The van der Waals surface area contributed by atoms with Crippen LogP contribution in [-0.4, -0.2) is 35.1 Å². The number of halogens is 3. The lowest BCUT2D eigenvalue weighted by atomic mass is 10.2. The second-order valence-electron chi connectivity index (χ2n) is 6.43. The first kappa shape index (κ1) is 18.9. The SMILES string of the molecule is Cc1cc(Nc2ccc(NC(=O)CC(F)(F)F)cc2)nc(N2CCCC2)n1. The predicted molar refractivity (Wildman–Crippen MR) is 97.2 cm³/mol. The molecule has 1 aliphatic rings. The van der Waals surface area contributed by atoms with E-state index < -0.39 is 18.5 Å². The first-order valence-electron chi connectivity index (χ1n) is 8.63. The molecule has 3 rings (SSSR count). The van der Waals surface area contributed by atoms with Crippen LogP contribution in [0.5, 0.6) is 0 Å². The molecule has 1 saturated heterocycles. The summed E-state index contributed by atoms with van der Waals surface area (Å²) in [5, 5.41) is 5.38. The van der Waals surface area contributed by atoms with Crippen molar-refractivity contribution in [1.82, 2.24) is 9.97 Å². The largest absolute Gasteiger partial charge is 0.397 e. The number of alkyl halides is 3. The number of hydrogen-bond donors (Lipinski definition) is 2. The van der Waals surface area contributed by atoms with Crippen LogP contribution >= 0.6 is 0 Å².